The van der Waals surface area contributed by atoms with Crippen LogP contribution in [0.1, 0.15) is 27.2 Å². The molecule has 3 rings (SSSR count). The number of hydrogen-bond acceptors (Lipinski definition) is 6. The van der Waals surface area contributed by atoms with E-state index in [-0.39, 0.29) is 17.2 Å². The number of esters is 1. The van der Waals surface area contributed by atoms with Crippen LogP contribution in [0, 0.1) is 6.92 Å². The molecular weight excluding hydrogens is 438 g/mol. The summed E-state index contributed by atoms with van der Waals surface area (Å²) in [5.41, 5.74) is 2.70. The third-order valence-corrected chi connectivity index (χ3v) is 5.53. The number of ether oxygens (including phenoxy) is 1. The van der Waals surface area contributed by atoms with Crippen molar-refractivity contribution >= 4 is 40.9 Å². The lowest BCUT2D eigenvalue weighted by Crippen LogP contribution is -2.19. The quantitative estimate of drug-likeness (QED) is 0.317. The Balaban J connectivity index is 1.63. The lowest BCUT2D eigenvalue weighted by Gasteiger charge is -2.08. The molecule has 1 aromatic heterocycles. The van der Waals surface area contributed by atoms with E-state index in [0.29, 0.717) is 39.1 Å². The number of aromatic nitrogens is 2. The number of thioether (sulfide) groups is 1. The van der Waals surface area contributed by atoms with Crippen molar-refractivity contribution in [3.63, 3.8) is 0 Å². The topological polar surface area (TPSA) is 101 Å². The summed E-state index contributed by atoms with van der Waals surface area (Å²) in [6.07, 6.45) is 0.438. The number of halogens is 1. The second-order valence-corrected chi connectivity index (χ2v) is 8.05. The first-order valence-electron chi connectivity index (χ1n) is 9.31. The highest BCUT2D eigenvalue weighted by molar-refractivity contribution is 7.99. The van der Waals surface area contributed by atoms with Gasteiger partial charge < -0.3 is 15.0 Å². The molecule has 31 heavy (non-hydrogen) atoms. The van der Waals surface area contributed by atoms with E-state index in [4.69, 9.17) is 11.6 Å². The first-order valence-corrected chi connectivity index (χ1v) is 10.7. The summed E-state index contributed by atoms with van der Waals surface area (Å²) >= 11 is 7.02. The van der Waals surface area contributed by atoms with Crippen molar-refractivity contribution in [1.29, 1.82) is 0 Å². The fourth-order valence-corrected chi connectivity index (χ4v) is 3.67. The average Bonchev–Trinajstić information content (AvgIpc) is 2.75. The molecule has 7 nitrogen and oxygen atoms in total. The van der Waals surface area contributed by atoms with Gasteiger partial charge in [0.1, 0.15) is 0 Å². The van der Waals surface area contributed by atoms with Crippen LogP contribution in [0.2, 0.25) is 5.02 Å². The van der Waals surface area contributed by atoms with Gasteiger partial charge in [-0.05, 0) is 42.8 Å². The first-order chi connectivity index (χ1) is 14.9. The number of methoxy groups -OCH3 is 1. The number of carbonyl (C=O) groups is 2. The van der Waals surface area contributed by atoms with Gasteiger partial charge in [-0.2, -0.15) is 0 Å². The molecule has 2 N–H and O–H groups in total. The Morgan fingerprint density at radius 3 is 2.61 bits per heavy atom. The van der Waals surface area contributed by atoms with Gasteiger partial charge in [0.25, 0.3) is 5.56 Å². The van der Waals surface area contributed by atoms with Crippen molar-refractivity contribution < 1.29 is 14.3 Å². The minimum Gasteiger partial charge on any atom is -0.465 e. The van der Waals surface area contributed by atoms with E-state index in [9.17, 15) is 14.4 Å². The van der Waals surface area contributed by atoms with Crippen molar-refractivity contribution in [3.05, 3.63) is 86.3 Å². The van der Waals surface area contributed by atoms with Gasteiger partial charge in [0, 0.05) is 28.4 Å². The standard InChI is InChI=1S/C22H20ClN3O4S/c1-13-18(10-14-6-8-16(23)9-7-14)20(28)26-22(24-13)31-12-19(27)25-17-5-3-4-15(11-17)21(29)30-2/h3-9,11H,10,12H2,1-2H3,(H,25,27)(H,24,26,28). The van der Waals surface area contributed by atoms with Crippen LogP contribution in [0.5, 0.6) is 0 Å². The molecule has 0 spiro atoms. The Hall–Kier alpha value is -3.10. The zero-order valence-corrected chi connectivity index (χ0v) is 18.5. The van der Waals surface area contributed by atoms with Gasteiger partial charge in [0.15, 0.2) is 5.16 Å². The summed E-state index contributed by atoms with van der Waals surface area (Å²) in [6, 6.07) is 13.7. The number of rotatable bonds is 7. The lowest BCUT2D eigenvalue weighted by molar-refractivity contribution is -0.113. The Kier molecular flexibility index (Phi) is 7.49. The number of aryl methyl sites for hydroxylation is 1. The molecule has 0 bridgehead atoms. The van der Waals surface area contributed by atoms with Crippen LogP contribution in [-0.4, -0.2) is 34.7 Å². The normalized spacial score (nSPS) is 10.5. The molecule has 160 valence electrons. The Bertz CT molecular complexity index is 1160. The second-order valence-electron chi connectivity index (χ2n) is 6.65. The number of anilines is 1. The molecule has 0 aliphatic rings. The van der Waals surface area contributed by atoms with Gasteiger partial charge in [-0.3, -0.25) is 9.59 Å². The van der Waals surface area contributed by atoms with E-state index >= 15 is 0 Å². The van der Waals surface area contributed by atoms with Crippen LogP contribution in [0.3, 0.4) is 0 Å². The predicted molar refractivity (Wildman–Crippen MR) is 121 cm³/mol. The zero-order valence-electron chi connectivity index (χ0n) is 16.9. The van der Waals surface area contributed by atoms with Crippen molar-refractivity contribution in [2.75, 3.05) is 18.2 Å². The molecule has 0 aliphatic carbocycles. The van der Waals surface area contributed by atoms with Crippen LogP contribution >= 0.6 is 23.4 Å². The van der Waals surface area contributed by atoms with E-state index in [1.165, 1.54) is 13.2 Å². The molecule has 0 saturated heterocycles. The summed E-state index contributed by atoms with van der Waals surface area (Å²) in [5.74, 6) is -0.736. The van der Waals surface area contributed by atoms with E-state index in [1.807, 2.05) is 12.1 Å². The number of amides is 1. The van der Waals surface area contributed by atoms with Crippen LogP contribution in [0.15, 0.2) is 58.5 Å². The molecule has 0 atom stereocenters. The fraction of sp³-hybridized carbons (Fsp3) is 0.182. The van der Waals surface area contributed by atoms with Crippen LogP contribution in [-0.2, 0) is 16.0 Å². The van der Waals surface area contributed by atoms with Gasteiger partial charge in [-0.15, -0.1) is 0 Å². The van der Waals surface area contributed by atoms with E-state index in [0.717, 1.165) is 17.3 Å². The van der Waals surface area contributed by atoms with Gasteiger partial charge >= 0.3 is 5.97 Å². The molecule has 2 aromatic carbocycles. The smallest absolute Gasteiger partial charge is 0.337 e. The van der Waals surface area contributed by atoms with Crippen LogP contribution in [0.4, 0.5) is 5.69 Å². The number of nitrogens with zero attached hydrogens (tertiary/aromatic N) is 1. The SMILES string of the molecule is COC(=O)c1cccc(NC(=O)CSc2nc(C)c(Cc3ccc(Cl)cc3)c(=O)[nH]2)c1. The third-order valence-electron chi connectivity index (χ3n) is 4.40. The maximum Gasteiger partial charge on any atom is 0.337 e. The molecule has 9 heteroatoms. The van der Waals surface area contributed by atoms with Gasteiger partial charge in [-0.1, -0.05) is 41.6 Å². The molecule has 1 amide bonds. The number of carbonyl (C=O) groups excluding carboxylic acids is 2. The molecule has 0 saturated carbocycles. The van der Waals surface area contributed by atoms with Crippen molar-refractivity contribution in [2.45, 2.75) is 18.5 Å². The molecule has 0 aliphatic heterocycles. The Morgan fingerprint density at radius 2 is 1.94 bits per heavy atom. The van der Waals surface area contributed by atoms with Gasteiger partial charge in [-0.25, -0.2) is 9.78 Å². The highest BCUT2D eigenvalue weighted by Gasteiger charge is 2.12. The zero-order chi connectivity index (χ0) is 22.4. The Labute approximate surface area is 188 Å². The van der Waals surface area contributed by atoms with Gasteiger partial charge in [0.05, 0.1) is 18.4 Å². The molecule has 1 heterocycles. The maximum absolute atomic E-state index is 12.5. The Morgan fingerprint density at radius 1 is 1.19 bits per heavy atom. The molecule has 0 fully saturated rings. The molecule has 3 aromatic rings. The number of benzene rings is 2. The highest BCUT2D eigenvalue weighted by atomic mass is 35.5. The fourth-order valence-electron chi connectivity index (χ4n) is 2.84. The lowest BCUT2D eigenvalue weighted by atomic mass is 10.1. The predicted octanol–water partition coefficient (Wildman–Crippen LogP) is 3.84. The van der Waals surface area contributed by atoms with E-state index in [2.05, 4.69) is 20.0 Å². The summed E-state index contributed by atoms with van der Waals surface area (Å²) in [5, 5.41) is 3.71. The minimum absolute atomic E-state index is 0.0430. The molecule has 0 radical (unpaired) electrons. The maximum atomic E-state index is 12.5. The van der Waals surface area contributed by atoms with Crippen molar-refractivity contribution in [3.8, 4) is 0 Å². The summed E-state index contributed by atoms with van der Waals surface area (Å²) in [7, 11) is 1.29. The van der Waals surface area contributed by atoms with Gasteiger partial charge in [0.2, 0.25) is 5.91 Å². The first kappa shape index (κ1) is 22.6. The third kappa shape index (κ3) is 6.19. The highest BCUT2D eigenvalue weighted by Crippen LogP contribution is 2.17. The summed E-state index contributed by atoms with van der Waals surface area (Å²) < 4.78 is 4.67. The number of aromatic amines is 1. The minimum atomic E-state index is -0.485. The summed E-state index contributed by atoms with van der Waals surface area (Å²) in [6.45, 7) is 1.77. The van der Waals surface area contributed by atoms with Crippen molar-refractivity contribution in [2.24, 2.45) is 0 Å². The second kappa shape index (κ2) is 10.3. The number of nitrogens with one attached hydrogen (secondary N) is 2. The van der Waals surface area contributed by atoms with Crippen LogP contribution < -0.4 is 10.9 Å². The van der Waals surface area contributed by atoms with Crippen molar-refractivity contribution in [1.82, 2.24) is 9.97 Å². The average molecular weight is 458 g/mol. The number of H-pyrrole nitrogens is 1. The van der Waals surface area contributed by atoms with Crippen LogP contribution in [0.25, 0.3) is 0 Å². The molecule has 0 unspecified atom stereocenters. The van der Waals surface area contributed by atoms with E-state index < -0.39 is 5.97 Å². The summed E-state index contributed by atoms with van der Waals surface area (Å²) in [4.78, 5) is 43.5. The number of hydrogen-bond donors (Lipinski definition) is 2. The van der Waals surface area contributed by atoms with E-state index in [1.54, 1.807) is 37.3 Å². The monoisotopic (exact) mass is 457 g/mol. The largest absolute Gasteiger partial charge is 0.465 e. The molecular formula is C22H20ClN3O4S.